The molecule has 34 heavy (non-hydrogen) atoms. The summed E-state index contributed by atoms with van der Waals surface area (Å²) in [5, 5.41) is 0. The zero-order valence-corrected chi connectivity index (χ0v) is 20.0. The molecule has 1 fully saturated rings. The van der Waals surface area contributed by atoms with Gasteiger partial charge in [-0.05, 0) is 68.4 Å². The molecule has 176 valence electrons. The number of piperazine rings is 1. The maximum absolute atomic E-state index is 13.1. The minimum atomic E-state index is -3.75. The lowest BCUT2D eigenvalue weighted by atomic mass is 10.1. The Hall–Kier alpha value is -3.65. The summed E-state index contributed by atoms with van der Waals surface area (Å²) in [6, 6.07) is 20.7. The Labute approximate surface area is 200 Å². The number of ketones is 1. The average Bonchev–Trinajstić information content (AvgIpc) is 2.84. The van der Waals surface area contributed by atoms with Crippen molar-refractivity contribution < 1.29 is 18.0 Å². The van der Waals surface area contributed by atoms with Gasteiger partial charge in [0.25, 0.3) is 15.9 Å². The van der Waals surface area contributed by atoms with Crippen LogP contribution in [0.1, 0.15) is 33.2 Å². The lowest BCUT2D eigenvalue weighted by Gasteiger charge is -2.36. The molecule has 0 unspecified atom stereocenters. The molecule has 0 saturated carbocycles. The van der Waals surface area contributed by atoms with Gasteiger partial charge in [0.05, 0.1) is 4.90 Å². The van der Waals surface area contributed by atoms with Gasteiger partial charge >= 0.3 is 0 Å². The van der Waals surface area contributed by atoms with E-state index in [9.17, 15) is 18.0 Å². The van der Waals surface area contributed by atoms with E-state index in [1.807, 2.05) is 31.2 Å². The van der Waals surface area contributed by atoms with E-state index in [1.54, 1.807) is 60.4 Å². The van der Waals surface area contributed by atoms with Crippen LogP contribution in [0.15, 0.2) is 77.7 Å². The third kappa shape index (κ3) is 5.28. The summed E-state index contributed by atoms with van der Waals surface area (Å²) in [5.74, 6) is -0.103. The SMILES string of the molecule is CC(=O)c1ccc(N2CCN(C(=O)c3cccc(NS(=O)(=O)c4ccc(C)cc4)c3)CC2)cc1. The number of nitrogens with one attached hydrogen (secondary N) is 1. The molecule has 0 aromatic heterocycles. The van der Waals surface area contributed by atoms with Crippen LogP contribution in [0.2, 0.25) is 0 Å². The Morgan fingerprint density at radius 2 is 1.47 bits per heavy atom. The highest BCUT2D eigenvalue weighted by Crippen LogP contribution is 2.21. The summed E-state index contributed by atoms with van der Waals surface area (Å²) in [7, 11) is -3.75. The predicted octanol–water partition coefficient (Wildman–Crippen LogP) is 3.96. The normalized spacial score (nSPS) is 14.1. The highest BCUT2D eigenvalue weighted by atomic mass is 32.2. The molecule has 4 rings (SSSR count). The second-order valence-corrected chi connectivity index (χ2v) is 10.1. The monoisotopic (exact) mass is 477 g/mol. The van der Waals surface area contributed by atoms with Crippen LogP contribution in [-0.4, -0.2) is 51.2 Å². The number of rotatable bonds is 6. The van der Waals surface area contributed by atoms with Gasteiger partial charge in [-0.3, -0.25) is 14.3 Å². The van der Waals surface area contributed by atoms with Crippen LogP contribution in [0.5, 0.6) is 0 Å². The van der Waals surface area contributed by atoms with E-state index in [-0.39, 0.29) is 16.6 Å². The van der Waals surface area contributed by atoms with Crippen molar-refractivity contribution in [3.05, 3.63) is 89.5 Å². The van der Waals surface area contributed by atoms with Gasteiger partial charge in [0, 0.05) is 48.7 Å². The van der Waals surface area contributed by atoms with Gasteiger partial charge in [-0.1, -0.05) is 23.8 Å². The first-order valence-corrected chi connectivity index (χ1v) is 12.6. The van der Waals surface area contributed by atoms with Crippen LogP contribution in [0.4, 0.5) is 11.4 Å². The highest BCUT2D eigenvalue weighted by molar-refractivity contribution is 7.92. The number of carbonyl (C=O) groups is 2. The molecule has 1 aliphatic heterocycles. The smallest absolute Gasteiger partial charge is 0.261 e. The number of nitrogens with zero attached hydrogens (tertiary/aromatic N) is 2. The standard InChI is InChI=1S/C26H27N3O4S/c1-19-6-12-25(13-7-19)34(32,33)27-23-5-3-4-22(18-23)26(31)29-16-14-28(15-17-29)24-10-8-21(9-11-24)20(2)30/h3-13,18,27H,14-17H2,1-2H3. The Balaban J connectivity index is 1.40. The van der Waals surface area contributed by atoms with Crippen LogP contribution in [0.25, 0.3) is 0 Å². The Bertz CT molecular complexity index is 1290. The van der Waals surface area contributed by atoms with E-state index in [0.717, 1.165) is 11.3 Å². The van der Waals surface area contributed by atoms with Gasteiger partial charge in [-0.25, -0.2) is 8.42 Å². The number of aryl methyl sites for hydroxylation is 1. The van der Waals surface area contributed by atoms with Crippen molar-refractivity contribution in [1.82, 2.24) is 4.90 Å². The number of hydrogen-bond acceptors (Lipinski definition) is 5. The van der Waals surface area contributed by atoms with Crippen LogP contribution in [0, 0.1) is 6.92 Å². The molecule has 1 saturated heterocycles. The fourth-order valence-electron chi connectivity index (χ4n) is 3.90. The van der Waals surface area contributed by atoms with E-state index in [0.29, 0.717) is 43.0 Å². The molecule has 3 aromatic carbocycles. The molecule has 3 aromatic rings. The molecule has 0 aliphatic carbocycles. The third-order valence-electron chi connectivity index (χ3n) is 5.90. The largest absolute Gasteiger partial charge is 0.368 e. The fraction of sp³-hybridized carbons (Fsp3) is 0.231. The minimum absolute atomic E-state index is 0.0327. The van der Waals surface area contributed by atoms with Crippen LogP contribution >= 0.6 is 0 Å². The van der Waals surface area contributed by atoms with Crippen molar-refractivity contribution in [3.8, 4) is 0 Å². The quantitative estimate of drug-likeness (QED) is 0.543. The molecule has 1 aliphatic rings. The molecular formula is C26H27N3O4S. The van der Waals surface area contributed by atoms with E-state index < -0.39 is 10.0 Å². The van der Waals surface area contributed by atoms with Gasteiger partial charge in [-0.2, -0.15) is 0 Å². The van der Waals surface area contributed by atoms with Crippen molar-refractivity contribution in [2.45, 2.75) is 18.7 Å². The number of Topliss-reactive ketones (excluding diaryl/α,β-unsaturated/α-hetero) is 1. The molecule has 0 bridgehead atoms. The van der Waals surface area contributed by atoms with Gasteiger partial charge in [0.15, 0.2) is 5.78 Å². The summed E-state index contributed by atoms with van der Waals surface area (Å²) >= 11 is 0. The maximum atomic E-state index is 13.1. The van der Waals surface area contributed by atoms with E-state index in [2.05, 4.69) is 9.62 Å². The van der Waals surface area contributed by atoms with Crippen LogP contribution in [0.3, 0.4) is 0 Å². The lowest BCUT2D eigenvalue weighted by Crippen LogP contribution is -2.48. The maximum Gasteiger partial charge on any atom is 0.261 e. The number of hydrogen-bond donors (Lipinski definition) is 1. The summed E-state index contributed by atoms with van der Waals surface area (Å²) in [6.45, 7) is 5.87. The second-order valence-electron chi connectivity index (χ2n) is 8.38. The predicted molar refractivity (Wildman–Crippen MR) is 133 cm³/mol. The summed E-state index contributed by atoms with van der Waals surface area (Å²) in [4.78, 5) is 28.7. The molecule has 0 atom stereocenters. The molecule has 1 amide bonds. The Morgan fingerprint density at radius 3 is 2.09 bits per heavy atom. The van der Waals surface area contributed by atoms with Crippen LogP contribution in [-0.2, 0) is 10.0 Å². The van der Waals surface area contributed by atoms with Gasteiger partial charge < -0.3 is 9.80 Å². The first-order valence-electron chi connectivity index (χ1n) is 11.1. The summed E-state index contributed by atoms with van der Waals surface area (Å²) in [5.41, 5.74) is 3.44. The molecule has 8 heteroatoms. The van der Waals surface area contributed by atoms with Gasteiger partial charge in [0.2, 0.25) is 0 Å². The second kappa shape index (κ2) is 9.69. The number of carbonyl (C=O) groups excluding carboxylic acids is 2. The molecule has 0 spiro atoms. The van der Waals surface area contributed by atoms with Crippen molar-refractivity contribution in [2.24, 2.45) is 0 Å². The van der Waals surface area contributed by atoms with E-state index >= 15 is 0 Å². The van der Waals surface area contributed by atoms with Crippen LogP contribution < -0.4 is 9.62 Å². The van der Waals surface area contributed by atoms with Crippen molar-refractivity contribution in [3.63, 3.8) is 0 Å². The zero-order valence-electron chi connectivity index (χ0n) is 19.2. The molecule has 1 N–H and O–H groups in total. The van der Waals surface area contributed by atoms with E-state index in [1.165, 1.54) is 0 Å². The average molecular weight is 478 g/mol. The number of anilines is 2. The first-order chi connectivity index (χ1) is 16.2. The van der Waals surface area contributed by atoms with E-state index in [4.69, 9.17) is 0 Å². The lowest BCUT2D eigenvalue weighted by molar-refractivity contribution is 0.0746. The topological polar surface area (TPSA) is 86.8 Å². The minimum Gasteiger partial charge on any atom is -0.368 e. The molecule has 0 radical (unpaired) electrons. The summed E-state index contributed by atoms with van der Waals surface area (Å²) < 4.78 is 28.0. The fourth-order valence-corrected chi connectivity index (χ4v) is 4.95. The number of sulfonamides is 1. The first kappa shape index (κ1) is 23.5. The highest BCUT2D eigenvalue weighted by Gasteiger charge is 2.23. The molecule has 1 heterocycles. The Morgan fingerprint density at radius 1 is 0.824 bits per heavy atom. The Kier molecular flexibility index (Phi) is 6.70. The summed E-state index contributed by atoms with van der Waals surface area (Å²) in [6.07, 6.45) is 0. The van der Waals surface area contributed by atoms with Gasteiger partial charge in [-0.15, -0.1) is 0 Å². The van der Waals surface area contributed by atoms with Gasteiger partial charge in [0.1, 0.15) is 0 Å². The van der Waals surface area contributed by atoms with Crippen molar-refractivity contribution >= 4 is 33.1 Å². The van der Waals surface area contributed by atoms with Crippen molar-refractivity contribution in [1.29, 1.82) is 0 Å². The molecule has 7 nitrogen and oxygen atoms in total. The van der Waals surface area contributed by atoms with Crippen molar-refractivity contribution in [2.75, 3.05) is 35.8 Å². The third-order valence-corrected chi connectivity index (χ3v) is 7.30. The molecular weight excluding hydrogens is 450 g/mol. The zero-order chi connectivity index (χ0) is 24.3. The number of amides is 1. The number of benzene rings is 3.